The van der Waals surface area contributed by atoms with Gasteiger partial charge < -0.3 is 0 Å². The maximum atomic E-state index is 6.09. The number of alkyl halides is 1. The highest BCUT2D eigenvalue weighted by Gasteiger charge is 2.15. The average Bonchev–Trinajstić information content (AvgIpc) is 2.83. The highest BCUT2D eigenvalue weighted by atomic mass is 79.9. The number of hydrogen-bond acceptors (Lipinski definition) is 2. The van der Waals surface area contributed by atoms with Crippen molar-refractivity contribution in [2.75, 3.05) is 5.88 Å². The third-order valence-corrected chi connectivity index (χ3v) is 3.80. The van der Waals surface area contributed by atoms with E-state index >= 15 is 0 Å². The quantitative estimate of drug-likeness (QED) is 0.785. The molecule has 96 valence electrons. The predicted octanol–water partition coefficient (Wildman–Crippen LogP) is 3.63. The van der Waals surface area contributed by atoms with Crippen molar-refractivity contribution in [3.05, 3.63) is 46.5 Å². The molecule has 1 unspecified atom stereocenters. The smallest absolute Gasteiger partial charge is 0.138 e. The van der Waals surface area contributed by atoms with Crippen molar-refractivity contribution in [2.24, 2.45) is 0 Å². The van der Waals surface area contributed by atoms with E-state index < -0.39 is 0 Å². The molecule has 5 heteroatoms. The van der Waals surface area contributed by atoms with Crippen LogP contribution in [0.15, 0.2) is 35.1 Å². The summed E-state index contributed by atoms with van der Waals surface area (Å²) in [5, 5.41) is 4.19. The molecule has 1 aromatic heterocycles. The number of benzene rings is 1. The Balaban J connectivity index is 2.20. The zero-order valence-corrected chi connectivity index (χ0v) is 12.5. The number of aromatic nitrogens is 3. The monoisotopic (exact) mass is 327 g/mol. The minimum atomic E-state index is 0.263. The Morgan fingerprint density at radius 3 is 2.94 bits per heavy atom. The van der Waals surface area contributed by atoms with Crippen molar-refractivity contribution in [1.29, 1.82) is 0 Å². The van der Waals surface area contributed by atoms with Gasteiger partial charge in [0.1, 0.15) is 12.2 Å². The molecule has 0 aliphatic carbocycles. The van der Waals surface area contributed by atoms with Crippen LogP contribution in [0.4, 0.5) is 0 Å². The van der Waals surface area contributed by atoms with Crippen LogP contribution in [0.2, 0.25) is 0 Å². The lowest BCUT2D eigenvalue weighted by atomic mass is 9.97. The summed E-state index contributed by atoms with van der Waals surface area (Å²) >= 11 is 9.58. The normalized spacial score (nSPS) is 12.6. The van der Waals surface area contributed by atoms with E-state index in [-0.39, 0.29) is 5.92 Å². The van der Waals surface area contributed by atoms with Gasteiger partial charge >= 0.3 is 0 Å². The zero-order valence-electron chi connectivity index (χ0n) is 10.2. The SMILES string of the molecule is CCn1ncnc1CC(CCl)c1cccc(Br)c1. The first-order valence-corrected chi connectivity index (χ1v) is 7.25. The molecule has 0 saturated carbocycles. The molecule has 0 bridgehead atoms. The Hall–Kier alpha value is -0.870. The van der Waals surface area contributed by atoms with Gasteiger partial charge in [0, 0.05) is 29.2 Å². The molecule has 0 aliphatic rings. The minimum Gasteiger partial charge on any atom is -0.250 e. The Kier molecular flexibility index (Phi) is 4.78. The van der Waals surface area contributed by atoms with E-state index in [1.807, 2.05) is 16.8 Å². The molecule has 2 rings (SSSR count). The molecule has 0 fully saturated rings. The van der Waals surface area contributed by atoms with Gasteiger partial charge in [-0.15, -0.1) is 11.6 Å². The molecule has 0 aliphatic heterocycles. The van der Waals surface area contributed by atoms with Crippen LogP contribution in [-0.4, -0.2) is 20.6 Å². The molecule has 0 spiro atoms. The fraction of sp³-hybridized carbons (Fsp3) is 0.385. The van der Waals surface area contributed by atoms with Gasteiger partial charge in [-0.2, -0.15) is 5.10 Å². The Morgan fingerprint density at radius 1 is 1.44 bits per heavy atom. The number of rotatable bonds is 5. The molecule has 2 aromatic rings. The van der Waals surface area contributed by atoms with E-state index in [1.165, 1.54) is 5.56 Å². The van der Waals surface area contributed by atoms with Crippen LogP contribution < -0.4 is 0 Å². The minimum absolute atomic E-state index is 0.263. The third kappa shape index (κ3) is 3.12. The van der Waals surface area contributed by atoms with Crippen LogP contribution in [0.1, 0.15) is 24.2 Å². The second-order valence-corrected chi connectivity index (χ2v) is 5.33. The van der Waals surface area contributed by atoms with E-state index in [2.05, 4.69) is 45.1 Å². The summed E-state index contributed by atoms with van der Waals surface area (Å²) in [4.78, 5) is 4.30. The largest absolute Gasteiger partial charge is 0.250 e. The van der Waals surface area contributed by atoms with Gasteiger partial charge in [-0.3, -0.25) is 4.68 Å². The van der Waals surface area contributed by atoms with Crippen LogP contribution in [-0.2, 0) is 13.0 Å². The van der Waals surface area contributed by atoms with Crippen LogP contribution in [0.5, 0.6) is 0 Å². The highest BCUT2D eigenvalue weighted by molar-refractivity contribution is 9.10. The van der Waals surface area contributed by atoms with E-state index in [9.17, 15) is 0 Å². The summed E-state index contributed by atoms with van der Waals surface area (Å²) in [5.74, 6) is 1.83. The van der Waals surface area contributed by atoms with Crippen molar-refractivity contribution in [3.8, 4) is 0 Å². The van der Waals surface area contributed by atoms with Gasteiger partial charge in [-0.25, -0.2) is 4.98 Å². The average molecular weight is 329 g/mol. The predicted molar refractivity (Wildman–Crippen MR) is 77.0 cm³/mol. The maximum absolute atomic E-state index is 6.09. The van der Waals surface area contributed by atoms with Gasteiger partial charge in [-0.1, -0.05) is 28.1 Å². The van der Waals surface area contributed by atoms with Crippen molar-refractivity contribution < 1.29 is 0 Å². The molecule has 0 saturated heterocycles. The van der Waals surface area contributed by atoms with Crippen molar-refractivity contribution >= 4 is 27.5 Å². The van der Waals surface area contributed by atoms with Crippen LogP contribution in [0.3, 0.4) is 0 Å². The van der Waals surface area contributed by atoms with Crippen molar-refractivity contribution in [3.63, 3.8) is 0 Å². The molecular weight excluding hydrogens is 314 g/mol. The molecule has 18 heavy (non-hydrogen) atoms. The first-order chi connectivity index (χ1) is 8.74. The molecule has 1 heterocycles. The van der Waals surface area contributed by atoms with Crippen LogP contribution in [0, 0.1) is 0 Å². The van der Waals surface area contributed by atoms with Crippen LogP contribution in [0.25, 0.3) is 0 Å². The summed E-state index contributed by atoms with van der Waals surface area (Å²) in [6.07, 6.45) is 2.42. The summed E-state index contributed by atoms with van der Waals surface area (Å²) in [6, 6.07) is 8.26. The maximum Gasteiger partial charge on any atom is 0.138 e. The van der Waals surface area contributed by atoms with E-state index in [1.54, 1.807) is 6.33 Å². The molecule has 1 atom stereocenters. The summed E-state index contributed by atoms with van der Waals surface area (Å²) < 4.78 is 2.99. The molecule has 0 amide bonds. The summed E-state index contributed by atoms with van der Waals surface area (Å²) in [6.45, 7) is 2.90. The number of nitrogens with zero attached hydrogens (tertiary/aromatic N) is 3. The van der Waals surface area contributed by atoms with Crippen LogP contribution >= 0.6 is 27.5 Å². The van der Waals surface area contributed by atoms with Crippen molar-refractivity contribution in [1.82, 2.24) is 14.8 Å². The van der Waals surface area contributed by atoms with E-state index in [0.717, 1.165) is 23.3 Å². The summed E-state index contributed by atoms with van der Waals surface area (Å²) in [7, 11) is 0. The topological polar surface area (TPSA) is 30.7 Å². The second kappa shape index (κ2) is 6.34. The molecule has 1 aromatic carbocycles. The molecule has 3 nitrogen and oxygen atoms in total. The Morgan fingerprint density at radius 2 is 2.28 bits per heavy atom. The number of aryl methyl sites for hydroxylation is 1. The van der Waals surface area contributed by atoms with Gasteiger partial charge in [0.2, 0.25) is 0 Å². The fourth-order valence-corrected chi connectivity index (χ4v) is 2.66. The zero-order chi connectivity index (χ0) is 13.0. The van der Waals surface area contributed by atoms with Gasteiger partial charge in [-0.05, 0) is 24.6 Å². The number of halogens is 2. The van der Waals surface area contributed by atoms with E-state index in [4.69, 9.17) is 11.6 Å². The molecular formula is C13H15BrClN3. The fourth-order valence-electron chi connectivity index (χ4n) is 1.95. The standard InChI is InChI=1S/C13H15BrClN3/c1-2-18-13(16-9-17-18)7-11(8-15)10-4-3-5-12(14)6-10/h3-6,9,11H,2,7-8H2,1H3. The highest BCUT2D eigenvalue weighted by Crippen LogP contribution is 2.24. The van der Waals surface area contributed by atoms with Crippen molar-refractivity contribution in [2.45, 2.75) is 25.8 Å². The molecule has 0 radical (unpaired) electrons. The van der Waals surface area contributed by atoms with Gasteiger partial charge in [0.05, 0.1) is 0 Å². The summed E-state index contributed by atoms with van der Waals surface area (Å²) in [5.41, 5.74) is 1.23. The second-order valence-electron chi connectivity index (χ2n) is 4.10. The Labute approximate surface area is 120 Å². The third-order valence-electron chi connectivity index (χ3n) is 2.93. The lowest BCUT2D eigenvalue weighted by Crippen LogP contribution is -2.11. The van der Waals surface area contributed by atoms with Gasteiger partial charge in [0.15, 0.2) is 0 Å². The Bertz CT molecular complexity index is 512. The lowest BCUT2D eigenvalue weighted by molar-refractivity contribution is 0.590. The molecule has 0 N–H and O–H groups in total. The van der Waals surface area contributed by atoms with E-state index in [0.29, 0.717) is 5.88 Å². The first-order valence-electron chi connectivity index (χ1n) is 5.92. The first kappa shape index (κ1) is 13.6. The number of hydrogen-bond donors (Lipinski definition) is 0. The van der Waals surface area contributed by atoms with Gasteiger partial charge in [0.25, 0.3) is 0 Å². The lowest BCUT2D eigenvalue weighted by Gasteiger charge is -2.14.